The van der Waals surface area contributed by atoms with Crippen LogP contribution in [0.4, 0.5) is 0 Å². The number of rotatable bonds is 13. The van der Waals surface area contributed by atoms with Crippen molar-refractivity contribution in [3.8, 4) is 5.75 Å². The van der Waals surface area contributed by atoms with Gasteiger partial charge in [0.1, 0.15) is 5.75 Å². The third-order valence-corrected chi connectivity index (χ3v) is 3.98. The molecule has 0 saturated heterocycles. The molecule has 7 nitrogen and oxygen atoms in total. The summed E-state index contributed by atoms with van der Waals surface area (Å²) in [5, 5.41) is 51.8. The molecule has 0 bridgehead atoms. The van der Waals surface area contributed by atoms with E-state index in [1.54, 1.807) is 12.1 Å². The predicted octanol–water partition coefficient (Wildman–Crippen LogP) is 0.316. The van der Waals surface area contributed by atoms with Crippen LogP contribution in [0, 0.1) is 0 Å². The third kappa shape index (κ3) is 9.15. The standard InChI is InChI=1S/C18H32N2O5/c1-2-3-4-5-6-16-13(9-19-11-17(22)23)7-15(21)8-14(16)10-20-12-18(24)25/h7-8,17-25H,2-6,9-12H2,1H3. The summed E-state index contributed by atoms with van der Waals surface area (Å²) in [5.41, 5.74) is 2.94. The molecule has 0 aliphatic carbocycles. The van der Waals surface area contributed by atoms with Gasteiger partial charge in [-0.3, -0.25) is 0 Å². The van der Waals surface area contributed by atoms with Gasteiger partial charge < -0.3 is 36.2 Å². The highest BCUT2D eigenvalue weighted by Gasteiger charge is 2.12. The minimum atomic E-state index is -1.42. The minimum Gasteiger partial charge on any atom is -0.508 e. The average Bonchev–Trinajstić information content (AvgIpc) is 2.52. The van der Waals surface area contributed by atoms with E-state index in [-0.39, 0.29) is 18.8 Å². The SMILES string of the molecule is CCCCCCc1c(CNCC(O)O)cc(O)cc1CNCC(O)O. The second-order valence-corrected chi connectivity index (χ2v) is 6.28. The lowest BCUT2D eigenvalue weighted by Crippen LogP contribution is -2.27. The van der Waals surface area contributed by atoms with E-state index in [1.165, 1.54) is 6.42 Å². The van der Waals surface area contributed by atoms with Gasteiger partial charge in [-0.2, -0.15) is 0 Å². The van der Waals surface area contributed by atoms with Gasteiger partial charge >= 0.3 is 0 Å². The Kier molecular flexibility index (Phi) is 10.6. The van der Waals surface area contributed by atoms with Crippen molar-refractivity contribution in [3.05, 3.63) is 28.8 Å². The van der Waals surface area contributed by atoms with Crippen molar-refractivity contribution in [2.45, 2.75) is 64.7 Å². The molecular weight excluding hydrogens is 324 g/mol. The average molecular weight is 356 g/mol. The first-order valence-corrected chi connectivity index (χ1v) is 8.91. The number of unbranched alkanes of at least 4 members (excludes halogenated alkanes) is 3. The van der Waals surface area contributed by atoms with Gasteiger partial charge in [0.05, 0.1) is 0 Å². The van der Waals surface area contributed by atoms with Gasteiger partial charge in [-0.15, -0.1) is 0 Å². The van der Waals surface area contributed by atoms with E-state index in [0.717, 1.165) is 42.4 Å². The van der Waals surface area contributed by atoms with Crippen molar-refractivity contribution in [1.82, 2.24) is 10.6 Å². The van der Waals surface area contributed by atoms with Gasteiger partial charge in [0.15, 0.2) is 12.6 Å². The highest BCUT2D eigenvalue weighted by molar-refractivity contribution is 5.42. The quantitative estimate of drug-likeness (QED) is 0.200. The van der Waals surface area contributed by atoms with Crippen LogP contribution in [0.25, 0.3) is 0 Å². The van der Waals surface area contributed by atoms with Gasteiger partial charge in [0.25, 0.3) is 0 Å². The van der Waals surface area contributed by atoms with Crippen LogP contribution in [0.1, 0.15) is 49.3 Å². The second kappa shape index (κ2) is 12.2. The van der Waals surface area contributed by atoms with Crippen molar-refractivity contribution in [1.29, 1.82) is 0 Å². The summed E-state index contributed by atoms with van der Waals surface area (Å²) in [4.78, 5) is 0. The van der Waals surface area contributed by atoms with Crippen LogP contribution in [-0.2, 0) is 19.5 Å². The zero-order chi connectivity index (χ0) is 18.7. The first kappa shape index (κ1) is 21.8. The molecule has 0 unspecified atom stereocenters. The van der Waals surface area contributed by atoms with Crippen LogP contribution < -0.4 is 10.6 Å². The third-order valence-electron chi connectivity index (χ3n) is 3.98. The molecule has 25 heavy (non-hydrogen) atoms. The lowest BCUT2D eigenvalue weighted by atomic mass is 9.94. The summed E-state index contributed by atoms with van der Waals surface area (Å²) >= 11 is 0. The molecule has 0 aliphatic rings. The van der Waals surface area contributed by atoms with Crippen LogP contribution in [-0.4, -0.2) is 51.2 Å². The highest BCUT2D eigenvalue weighted by atomic mass is 16.5. The number of hydrogen-bond acceptors (Lipinski definition) is 7. The number of phenols is 1. The van der Waals surface area contributed by atoms with Gasteiger partial charge in [-0.1, -0.05) is 26.2 Å². The Morgan fingerprint density at radius 3 is 1.80 bits per heavy atom. The number of nitrogens with one attached hydrogen (secondary N) is 2. The topological polar surface area (TPSA) is 125 Å². The highest BCUT2D eigenvalue weighted by Crippen LogP contribution is 2.24. The fraction of sp³-hybridized carbons (Fsp3) is 0.667. The minimum absolute atomic E-state index is 0.0508. The first-order chi connectivity index (χ1) is 11.9. The van der Waals surface area contributed by atoms with E-state index in [2.05, 4.69) is 17.6 Å². The summed E-state index contributed by atoms with van der Waals surface area (Å²) in [7, 11) is 0. The molecule has 1 rings (SSSR count). The molecule has 0 fully saturated rings. The van der Waals surface area contributed by atoms with Gasteiger partial charge in [0, 0.05) is 26.2 Å². The molecule has 0 spiro atoms. The van der Waals surface area contributed by atoms with Crippen LogP contribution >= 0.6 is 0 Å². The summed E-state index contributed by atoms with van der Waals surface area (Å²) in [6.45, 7) is 3.10. The monoisotopic (exact) mass is 356 g/mol. The maximum atomic E-state index is 9.99. The van der Waals surface area contributed by atoms with E-state index in [1.807, 2.05) is 0 Å². The van der Waals surface area contributed by atoms with Gasteiger partial charge in [-0.25, -0.2) is 0 Å². The Morgan fingerprint density at radius 1 is 0.840 bits per heavy atom. The van der Waals surface area contributed by atoms with Crippen LogP contribution in [0.2, 0.25) is 0 Å². The van der Waals surface area contributed by atoms with Crippen LogP contribution in [0.5, 0.6) is 5.75 Å². The summed E-state index contributed by atoms with van der Waals surface area (Å²) in [6, 6.07) is 3.38. The van der Waals surface area contributed by atoms with E-state index < -0.39 is 12.6 Å². The Balaban J connectivity index is 2.87. The van der Waals surface area contributed by atoms with E-state index in [4.69, 9.17) is 20.4 Å². The van der Waals surface area contributed by atoms with Gasteiger partial charge in [-0.05, 0) is 41.7 Å². The van der Waals surface area contributed by atoms with Crippen molar-refractivity contribution >= 4 is 0 Å². The number of aliphatic hydroxyl groups excluding tert-OH is 2. The molecule has 0 aliphatic heterocycles. The molecule has 7 heteroatoms. The second-order valence-electron chi connectivity index (χ2n) is 6.28. The van der Waals surface area contributed by atoms with Crippen molar-refractivity contribution in [2.24, 2.45) is 0 Å². The van der Waals surface area contributed by atoms with Crippen LogP contribution in [0.3, 0.4) is 0 Å². The number of aliphatic hydroxyl groups is 4. The molecule has 7 N–H and O–H groups in total. The largest absolute Gasteiger partial charge is 0.508 e. The summed E-state index contributed by atoms with van der Waals surface area (Å²) in [5.74, 6) is 0.139. The molecule has 0 amide bonds. The maximum absolute atomic E-state index is 9.99. The Hall–Kier alpha value is -1.22. The zero-order valence-electron chi connectivity index (χ0n) is 14.9. The predicted molar refractivity (Wildman–Crippen MR) is 95.8 cm³/mol. The maximum Gasteiger partial charge on any atom is 0.164 e. The molecule has 0 saturated carbocycles. The van der Waals surface area contributed by atoms with Crippen molar-refractivity contribution < 1.29 is 25.5 Å². The number of benzene rings is 1. The van der Waals surface area contributed by atoms with Gasteiger partial charge in [0.2, 0.25) is 0 Å². The molecule has 0 radical (unpaired) electrons. The smallest absolute Gasteiger partial charge is 0.164 e. The Labute approximate surface area is 149 Å². The Morgan fingerprint density at radius 2 is 1.36 bits per heavy atom. The number of hydrogen-bond donors (Lipinski definition) is 7. The van der Waals surface area contributed by atoms with E-state index in [9.17, 15) is 5.11 Å². The lowest BCUT2D eigenvalue weighted by Gasteiger charge is -2.18. The van der Waals surface area contributed by atoms with Crippen molar-refractivity contribution in [2.75, 3.05) is 13.1 Å². The molecular formula is C18H32N2O5. The fourth-order valence-corrected chi connectivity index (χ4v) is 2.82. The van der Waals surface area contributed by atoms with E-state index >= 15 is 0 Å². The molecule has 0 aromatic heterocycles. The summed E-state index contributed by atoms with van der Waals surface area (Å²) < 4.78 is 0. The number of aromatic hydroxyl groups is 1. The normalized spacial score (nSPS) is 11.6. The lowest BCUT2D eigenvalue weighted by molar-refractivity contribution is -0.0379. The molecule has 1 aromatic carbocycles. The Bertz CT molecular complexity index is 459. The molecule has 1 aromatic rings. The molecule has 0 heterocycles. The van der Waals surface area contributed by atoms with E-state index in [0.29, 0.717) is 13.1 Å². The first-order valence-electron chi connectivity index (χ1n) is 8.91. The fourth-order valence-electron chi connectivity index (χ4n) is 2.82. The summed E-state index contributed by atoms with van der Waals surface area (Å²) in [6.07, 6.45) is 2.51. The van der Waals surface area contributed by atoms with Crippen LogP contribution in [0.15, 0.2) is 12.1 Å². The molecule has 0 atom stereocenters. The number of phenolic OH excluding ortho intramolecular Hbond substituents is 1. The zero-order valence-corrected chi connectivity index (χ0v) is 14.9. The molecule has 144 valence electrons. The van der Waals surface area contributed by atoms with Crippen molar-refractivity contribution in [3.63, 3.8) is 0 Å².